The molecular weight excluding hydrogens is 354 g/mol. The van der Waals surface area contributed by atoms with Gasteiger partial charge in [-0.2, -0.15) is 0 Å². The van der Waals surface area contributed by atoms with Crippen LogP contribution in [0.5, 0.6) is 17.2 Å². The van der Waals surface area contributed by atoms with Crippen LogP contribution in [-0.4, -0.2) is 45.2 Å². The van der Waals surface area contributed by atoms with Gasteiger partial charge in [0.05, 0.1) is 20.8 Å². The van der Waals surface area contributed by atoms with Gasteiger partial charge in [0.25, 0.3) is 5.91 Å². The number of hydrogen-bond donors (Lipinski definition) is 0. The van der Waals surface area contributed by atoms with Crippen LogP contribution in [0.3, 0.4) is 0 Å². The second kappa shape index (κ2) is 9.92. The zero-order valence-electron chi connectivity index (χ0n) is 15.3. The summed E-state index contributed by atoms with van der Waals surface area (Å²) in [6, 6.07) is 12.5. The Morgan fingerprint density at radius 1 is 1.00 bits per heavy atom. The molecule has 0 N–H and O–H groups in total. The Labute approximate surface area is 159 Å². The molecule has 0 atom stereocenters. The summed E-state index contributed by atoms with van der Waals surface area (Å²) in [4.78, 5) is 14.2. The van der Waals surface area contributed by atoms with E-state index in [9.17, 15) is 4.79 Å². The van der Waals surface area contributed by atoms with E-state index in [0.29, 0.717) is 35.2 Å². The third kappa shape index (κ3) is 5.56. The fourth-order valence-corrected chi connectivity index (χ4v) is 2.59. The van der Waals surface area contributed by atoms with Gasteiger partial charge in [-0.15, -0.1) is 0 Å². The predicted octanol–water partition coefficient (Wildman–Crippen LogP) is 4.29. The normalized spacial score (nSPS) is 10.3. The SMILES string of the molecule is COc1ccc(C(=O)N(C)CCCCOc2ccc(Cl)cc2)cc1OC. The van der Waals surface area contributed by atoms with Crippen LogP contribution in [0.15, 0.2) is 42.5 Å². The van der Waals surface area contributed by atoms with Crippen LogP contribution in [0.25, 0.3) is 0 Å². The molecule has 0 saturated carbocycles. The first-order valence-electron chi connectivity index (χ1n) is 8.41. The van der Waals surface area contributed by atoms with Crippen LogP contribution in [0.1, 0.15) is 23.2 Å². The Balaban J connectivity index is 1.77. The maximum absolute atomic E-state index is 12.5. The molecule has 0 radical (unpaired) electrons. The van der Waals surface area contributed by atoms with E-state index >= 15 is 0 Å². The number of ether oxygens (including phenoxy) is 3. The fraction of sp³-hybridized carbons (Fsp3) is 0.350. The summed E-state index contributed by atoms with van der Waals surface area (Å²) in [6.07, 6.45) is 1.70. The fourth-order valence-electron chi connectivity index (χ4n) is 2.46. The van der Waals surface area contributed by atoms with Crippen molar-refractivity contribution in [2.24, 2.45) is 0 Å². The molecule has 0 unspecified atom stereocenters. The van der Waals surface area contributed by atoms with Crippen LogP contribution >= 0.6 is 11.6 Å². The second-order valence-electron chi connectivity index (χ2n) is 5.81. The minimum absolute atomic E-state index is 0.0513. The number of carbonyl (C=O) groups excluding carboxylic acids is 1. The molecule has 0 aliphatic carbocycles. The average molecular weight is 378 g/mol. The van der Waals surface area contributed by atoms with Crippen molar-refractivity contribution < 1.29 is 19.0 Å². The lowest BCUT2D eigenvalue weighted by Gasteiger charge is -2.18. The van der Waals surface area contributed by atoms with Gasteiger partial charge >= 0.3 is 0 Å². The summed E-state index contributed by atoms with van der Waals surface area (Å²) < 4.78 is 16.1. The van der Waals surface area contributed by atoms with Crippen molar-refractivity contribution in [3.8, 4) is 17.2 Å². The highest BCUT2D eigenvalue weighted by atomic mass is 35.5. The molecule has 0 aliphatic rings. The van der Waals surface area contributed by atoms with Crippen molar-refractivity contribution in [1.29, 1.82) is 0 Å². The molecule has 140 valence electrons. The van der Waals surface area contributed by atoms with E-state index in [0.717, 1.165) is 18.6 Å². The van der Waals surface area contributed by atoms with Crippen LogP contribution in [0.2, 0.25) is 5.02 Å². The molecule has 0 aliphatic heterocycles. The Kier molecular flexibility index (Phi) is 7.60. The number of nitrogens with zero attached hydrogens (tertiary/aromatic N) is 1. The van der Waals surface area contributed by atoms with Crippen molar-refractivity contribution in [1.82, 2.24) is 4.90 Å². The van der Waals surface area contributed by atoms with Crippen LogP contribution in [0, 0.1) is 0 Å². The topological polar surface area (TPSA) is 48.0 Å². The van der Waals surface area contributed by atoms with Gasteiger partial charge in [-0.25, -0.2) is 0 Å². The Hall–Kier alpha value is -2.40. The largest absolute Gasteiger partial charge is 0.494 e. The predicted molar refractivity (Wildman–Crippen MR) is 103 cm³/mol. The van der Waals surface area contributed by atoms with E-state index in [1.807, 2.05) is 12.1 Å². The molecule has 0 bridgehead atoms. The smallest absolute Gasteiger partial charge is 0.253 e. The van der Waals surface area contributed by atoms with Crippen molar-refractivity contribution in [3.63, 3.8) is 0 Å². The lowest BCUT2D eigenvalue weighted by Crippen LogP contribution is -2.28. The summed E-state index contributed by atoms with van der Waals surface area (Å²) in [7, 11) is 4.91. The third-order valence-electron chi connectivity index (χ3n) is 3.95. The lowest BCUT2D eigenvalue weighted by atomic mass is 10.1. The summed E-state index contributed by atoms with van der Waals surface area (Å²) in [5.74, 6) is 1.89. The van der Waals surface area contributed by atoms with E-state index in [2.05, 4.69) is 0 Å². The molecule has 2 rings (SSSR count). The number of amides is 1. The standard InChI is InChI=1S/C20H24ClNO4/c1-22(12-4-5-13-26-17-9-7-16(21)8-10-17)20(23)15-6-11-18(24-2)19(14-15)25-3/h6-11,14H,4-5,12-13H2,1-3H3. The van der Waals surface area contributed by atoms with Gasteiger partial charge in [0.1, 0.15) is 5.75 Å². The first-order valence-corrected chi connectivity index (χ1v) is 8.79. The number of carbonyl (C=O) groups is 1. The van der Waals surface area contributed by atoms with Crippen LogP contribution < -0.4 is 14.2 Å². The molecule has 0 aromatic heterocycles. The number of benzene rings is 2. The quantitative estimate of drug-likeness (QED) is 0.612. The molecule has 6 heteroatoms. The van der Waals surface area contributed by atoms with E-state index in [-0.39, 0.29) is 5.91 Å². The maximum Gasteiger partial charge on any atom is 0.253 e. The molecule has 0 spiro atoms. The average Bonchev–Trinajstić information content (AvgIpc) is 2.67. The Morgan fingerprint density at radius 3 is 2.35 bits per heavy atom. The van der Waals surface area contributed by atoms with Crippen LogP contribution in [-0.2, 0) is 0 Å². The minimum atomic E-state index is -0.0513. The molecule has 1 amide bonds. The maximum atomic E-state index is 12.5. The molecule has 2 aromatic rings. The monoisotopic (exact) mass is 377 g/mol. The van der Waals surface area contributed by atoms with E-state index in [1.54, 1.807) is 56.5 Å². The number of halogens is 1. The van der Waals surface area contributed by atoms with Gasteiger partial charge in [0, 0.05) is 24.2 Å². The van der Waals surface area contributed by atoms with E-state index in [1.165, 1.54) is 0 Å². The first kappa shape index (κ1) is 19.9. The van der Waals surface area contributed by atoms with E-state index < -0.39 is 0 Å². The van der Waals surface area contributed by atoms with E-state index in [4.69, 9.17) is 25.8 Å². The lowest BCUT2D eigenvalue weighted by molar-refractivity contribution is 0.0790. The van der Waals surface area contributed by atoms with Crippen molar-refractivity contribution >= 4 is 17.5 Å². The molecular formula is C20H24ClNO4. The molecule has 0 heterocycles. The number of methoxy groups -OCH3 is 2. The van der Waals surface area contributed by atoms with Crippen molar-refractivity contribution in [2.45, 2.75) is 12.8 Å². The van der Waals surface area contributed by atoms with Crippen molar-refractivity contribution in [2.75, 3.05) is 34.4 Å². The zero-order valence-corrected chi connectivity index (χ0v) is 16.1. The van der Waals surface area contributed by atoms with Gasteiger partial charge in [-0.1, -0.05) is 11.6 Å². The molecule has 2 aromatic carbocycles. The highest BCUT2D eigenvalue weighted by Gasteiger charge is 2.14. The highest BCUT2D eigenvalue weighted by Crippen LogP contribution is 2.28. The third-order valence-corrected chi connectivity index (χ3v) is 4.20. The highest BCUT2D eigenvalue weighted by molar-refractivity contribution is 6.30. The van der Waals surface area contributed by atoms with Crippen molar-refractivity contribution in [3.05, 3.63) is 53.1 Å². The van der Waals surface area contributed by atoms with Gasteiger partial charge < -0.3 is 19.1 Å². The summed E-state index contributed by atoms with van der Waals surface area (Å²) in [5.41, 5.74) is 0.572. The molecule has 0 fully saturated rings. The van der Waals surface area contributed by atoms with Crippen LogP contribution in [0.4, 0.5) is 0 Å². The van der Waals surface area contributed by atoms with Gasteiger partial charge in [0.2, 0.25) is 0 Å². The summed E-state index contributed by atoms with van der Waals surface area (Å²) >= 11 is 5.84. The van der Waals surface area contributed by atoms with Gasteiger partial charge in [-0.05, 0) is 55.3 Å². The number of hydrogen-bond acceptors (Lipinski definition) is 4. The molecule has 26 heavy (non-hydrogen) atoms. The second-order valence-corrected chi connectivity index (χ2v) is 6.24. The number of unbranched alkanes of at least 4 members (excludes halogenated alkanes) is 1. The summed E-state index contributed by atoms with van der Waals surface area (Å²) in [6.45, 7) is 1.25. The van der Waals surface area contributed by atoms with Gasteiger partial charge in [-0.3, -0.25) is 4.79 Å². The Morgan fingerprint density at radius 2 is 1.69 bits per heavy atom. The summed E-state index contributed by atoms with van der Waals surface area (Å²) in [5, 5.41) is 0.688. The molecule has 0 saturated heterocycles. The van der Waals surface area contributed by atoms with Gasteiger partial charge in [0.15, 0.2) is 11.5 Å². The number of rotatable bonds is 9. The zero-order chi connectivity index (χ0) is 18.9. The molecule has 5 nitrogen and oxygen atoms in total. The first-order chi connectivity index (χ1) is 12.5. The Bertz CT molecular complexity index is 718. The minimum Gasteiger partial charge on any atom is -0.494 e.